The first kappa shape index (κ1) is 18.2. The van der Waals surface area contributed by atoms with Crippen molar-refractivity contribution in [3.8, 4) is 0 Å². The van der Waals surface area contributed by atoms with Gasteiger partial charge in [0.05, 0.1) is 0 Å². The number of ether oxygens (including phenoxy) is 1. The molecule has 0 aromatic rings. The highest BCUT2D eigenvalue weighted by atomic mass is 16.6. The number of aliphatic hydroxyl groups is 1. The predicted octanol–water partition coefficient (Wildman–Crippen LogP) is 2.24. The van der Waals surface area contributed by atoms with Gasteiger partial charge in [0.1, 0.15) is 5.60 Å². The maximum absolute atomic E-state index is 12.0. The molecule has 1 saturated heterocycles. The summed E-state index contributed by atoms with van der Waals surface area (Å²) in [4.78, 5) is 13.8. The first-order chi connectivity index (χ1) is 9.73. The summed E-state index contributed by atoms with van der Waals surface area (Å²) in [6, 6.07) is 0.318. The maximum Gasteiger partial charge on any atom is 0.410 e. The van der Waals surface area contributed by atoms with E-state index in [4.69, 9.17) is 9.84 Å². The van der Waals surface area contributed by atoms with Crippen LogP contribution in [-0.2, 0) is 4.74 Å². The minimum absolute atomic E-state index is 0.198. The Morgan fingerprint density at radius 2 is 1.90 bits per heavy atom. The van der Waals surface area contributed by atoms with Gasteiger partial charge in [0.2, 0.25) is 0 Å². The Morgan fingerprint density at radius 1 is 1.33 bits per heavy atom. The Bertz CT molecular complexity index is 320. The lowest BCUT2D eigenvalue weighted by Gasteiger charge is -2.34. The summed E-state index contributed by atoms with van der Waals surface area (Å²) in [5.41, 5.74) is -0.425. The summed E-state index contributed by atoms with van der Waals surface area (Å²) in [5.74, 6) is 0.865. The quantitative estimate of drug-likeness (QED) is 0.817. The van der Waals surface area contributed by atoms with Crippen LogP contribution >= 0.6 is 0 Å². The molecule has 0 saturated carbocycles. The van der Waals surface area contributed by atoms with Crippen LogP contribution < -0.4 is 5.32 Å². The average Bonchev–Trinajstić information content (AvgIpc) is 2.42. The van der Waals surface area contributed by atoms with E-state index in [9.17, 15) is 4.79 Å². The fourth-order valence-electron chi connectivity index (χ4n) is 2.36. The minimum Gasteiger partial charge on any atom is -0.444 e. The second-order valence-electron chi connectivity index (χ2n) is 7.27. The van der Waals surface area contributed by atoms with E-state index < -0.39 is 5.60 Å². The zero-order chi connectivity index (χ0) is 16.0. The van der Waals surface area contributed by atoms with Gasteiger partial charge in [0, 0.05) is 25.7 Å². The predicted molar refractivity (Wildman–Crippen MR) is 84.2 cm³/mol. The highest BCUT2D eigenvalue weighted by molar-refractivity contribution is 5.68. The second kappa shape index (κ2) is 7.99. The third-order valence-electron chi connectivity index (χ3n) is 4.14. The van der Waals surface area contributed by atoms with Crippen LogP contribution in [0.1, 0.15) is 47.5 Å². The molecule has 0 aromatic heterocycles. The number of amides is 1. The van der Waals surface area contributed by atoms with Crippen molar-refractivity contribution in [2.45, 2.75) is 59.1 Å². The number of nitrogens with one attached hydrogen (secondary N) is 1. The molecule has 5 heteroatoms. The Balaban J connectivity index is 2.28. The lowest BCUT2D eigenvalue weighted by Crippen LogP contribution is -2.44. The summed E-state index contributed by atoms with van der Waals surface area (Å²) in [6.45, 7) is 12.5. The molecule has 2 atom stereocenters. The molecule has 1 amide bonds. The van der Waals surface area contributed by atoms with E-state index in [0.717, 1.165) is 32.5 Å². The molecular weight excluding hydrogens is 268 g/mol. The lowest BCUT2D eigenvalue weighted by atomic mass is 9.96. The maximum atomic E-state index is 12.0. The van der Waals surface area contributed by atoms with Crippen molar-refractivity contribution in [1.82, 2.24) is 10.2 Å². The third-order valence-corrected chi connectivity index (χ3v) is 4.14. The molecule has 21 heavy (non-hydrogen) atoms. The van der Waals surface area contributed by atoms with E-state index >= 15 is 0 Å². The minimum atomic E-state index is -0.425. The summed E-state index contributed by atoms with van der Waals surface area (Å²) in [5, 5.41) is 12.6. The van der Waals surface area contributed by atoms with Crippen molar-refractivity contribution >= 4 is 6.09 Å². The molecule has 1 rings (SSSR count). The van der Waals surface area contributed by atoms with Gasteiger partial charge in [0.15, 0.2) is 0 Å². The van der Waals surface area contributed by atoms with Gasteiger partial charge >= 0.3 is 6.09 Å². The van der Waals surface area contributed by atoms with E-state index in [2.05, 4.69) is 12.2 Å². The molecular formula is C16H32N2O3. The number of likely N-dealkylation sites (tertiary alicyclic amines) is 1. The van der Waals surface area contributed by atoms with Crippen molar-refractivity contribution in [3.63, 3.8) is 0 Å². The molecule has 1 heterocycles. The van der Waals surface area contributed by atoms with Crippen LogP contribution in [0.2, 0.25) is 0 Å². The normalized spacial score (nSPS) is 20.2. The topological polar surface area (TPSA) is 61.8 Å². The van der Waals surface area contributed by atoms with E-state index in [0.29, 0.717) is 12.0 Å². The monoisotopic (exact) mass is 300 g/mol. The summed E-state index contributed by atoms with van der Waals surface area (Å²) in [6.07, 6.45) is 1.81. The van der Waals surface area contributed by atoms with Crippen LogP contribution in [0.4, 0.5) is 4.79 Å². The zero-order valence-electron chi connectivity index (χ0n) is 14.2. The lowest BCUT2D eigenvalue weighted by molar-refractivity contribution is 0.0182. The van der Waals surface area contributed by atoms with E-state index in [1.165, 1.54) is 0 Å². The number of carbonyl (C=O) groups excluding carboxylic acids is 1. The Labute approximate surface area is 129 Å². The van der Waals surface area contributed by atoms with Crippen LogP contribution in [-0.4, -0.2) is 54.0 Å². The van der Waals surface area contributed by atoms with E-state index in [-0.39, 0.29) is 18.6 Å². The molecule has 2 N–H and O–H groups in total. The zero-order valence-corrected chi connectivity index (χ0v) is 14.2. The number of hydrogen-bond acceptors (Lipinski definition) is 4. The molecule has 124 valence electrons. The standard InChI is InChI=1S/C16H32N2O3/c1-12(11-19)13(2)17-10-14-6-8-18(9-7-14)15(20)21-16(3,4)5/h12-14,17,19H,6-11H2,1-5H3. The first-order valence-corrected chi connectivity index (χ1v) is 8.05. The Hall–Kier alpha value is -0.810. The number of piperidine rings is 1. The van der Waals surface area contributed by atoms with Crippen LogP contribution in [0.25, 0.3) is 0 Å². The van der Waals surface area contributed by atoms with E-state index in [1.54, 1.807) is 0 Å². The van der Waals surface area contributed by atoms with Crippen LogP contribution in [0.15, 0.2) is 0 Å². The van der Waals surface area contributed by atoms with E-state index in [1.807, 2.05) is 32.6 Å². The number of rotatable bonds is 5. The molecule has 0 radical (unpaired) electrons. The largest absolute Gasteiger partial charge is 0.444 e. The van der Waals surface area contributed by atoms with Crippen molar-refractivity contribution in [3.05, 3.63) is 0 Å². The fraction of sp³-hybridized carbons (Fsp3) is 0.938. The first-order valence-electron chi connectivity index (χ1n) is 8.05. The Kier molecular flexibility index (Phi) is 6.94. The molecule has 0 aromatic carbocycles. The molecule has 2 unspecified atom stereocenters. The van der Waals surface area contributed by atoms with Gasteiger partial charge in [-0.3, -0.25) is 0 Å². The second-order valence-corrected chi connectivity index (χ2v) is 7.27. The van der Waals surface area contributed by atoms with Crippen molar-refractivity contribution in [1.29, 1.82) is 0 Å². The molecule has 1 aliphatic heterocycles. The summed E-state index contributed by atoms with van der Waals surface area (Å²) in [7, 11) is 0. The Morgan fingerprint density at radius 3 is 2.38 bits per heavy atom. The van der Waals surface area contributed by atoms with Crippen LogP contribution in [0.3, 0.4) is 0 Å². The molecule has 0 aliphatic carbocycles. The van der Waals surface area contributed by atoms with Gasteiger partial charge in [-0.05, 0) is 58.9 Å². The van der Waals surface area contributed by atoms with Gasteiger partial charge in [0.25, 0.3) is 0 Å². The van der Waals surface area contributed by atoms with Crippen molar-refractivity contribution < 1.29 is 14.6 Å². The van der Waals surface area contributed by atoms with Gasteiger partial charge in [-0.1, -0.05) is 6.92 Å². The van der Waals surface area contributed by atoms with Gasteiger partial charge < -0.3 is 20.1 Å². The molecule has 0 spiro atoms. The van der Waals surface area contributed by atoms with Crippen molar-refractivity contribution in [2.24, 2.45) is 11.8 Å². The molecule has 1 fully saturated rings. The SMILES string of the molecule is CC(CO)C(C)NCC1CCN(C(=O)OC(C)(C)C)CC1. The van der Waals surface area contributed by atoms with Crippen LogP contribution in [0, 0.1) is 11.8 Å². The number of carbonyl (C=O) groups is 1. The van der Waals surface area contributed by atoms with Crippen LogP contribution in [0.5, 0.6) is 0 Å². The molecule has 1 aliphatic rings. The van der Waals surface area contributed by atoms with Gasteiger partial charge in [-0.15, -0.1) is 0 Å². The number of hydrogen-bond donors (Lipinski definition) is 2. The fourth-order valence-corrected chi connectivity index (χ4v) is 2.36. The average molecular weight is 300 g/mol. The van der Waals surface area contributed by atoms with Gasteiger partial charge in [-0.25, -0.2) is 4.79 Å². The van der Waals surface area contributed by atoms with Gasteiger partial charge in [-0.2, -0.15) is 0 Å². The molecule has 5 nitrogen and oxygen atoms in total. The number of aliphatic hydroxyl groups excluding tert-OH is 1. The summed E-state index contributed by atoms with van der Waals surface area (Å²) >= 11 is 0. The highest BCUT2D eigenvalue weighted by Gasteiger charge is 2.27. The number of nitrogens with zero attached hydrogens (tertiary/aromatic N) is 1. The van der Waals surface area contributed by atoms with Crippen molar-refractivity contribution in [2.75, 3.05) is 26.2 Å². The third kappa shape index (κ3) is 6.66. The smallest absolute Gasteiger partial charge is 0.410 e. The highest BCUT2D eigenvalue weighted by Crippen LogP contribution is 2.19. The molecule has 0 bridgehead atoms. The summed E-state index contributed by atoms with van der Waals surface area (Å²) < 4.78 is 5.40.